The number of hydrogen-bond donors (Lipinski definition) is 2. The van der Waals surface area contributed by atoms with E-state index in [9.17, 15) is 19.7 Å². The zero-order valence-electron chi connectivity index (χ0n) is 12.1. The monoisotopic (exact) mass is 327 g/mol. The molecule has 0 aliphatic heterocycles. The first-order chi connectivity index (χ1) is 10.4. The van der Waals surface area contributed by atoms with Crippen molar-refractivity contribution >= 4 is 29.4 Å². The summed E-state index contributed by atoms with van der Waals surface area (Å²) in [6.07, 6.45) is 4.03. The predicted molar refractivity (Wildman–Crippen MR) is 81.9 cm³/mol. The van der Waals surface area contributed by atoms with E-state index in [1.807, 2.05) is 0 Å². The minimum atomic E-state index is -1.45. The minimum Gasteiger partial charge on any atom is -0.478 e. The number of nitrogens with zero attached hydrogens (tertiary/aromatic N) is 1. The van der Waals surface area contributed by atoms with Crippen molar-refractivity contribution in [3.8, 4) is 0 Å². The molecule has 8 heteroatoms. The number of thioether (sulfide) groups is 1. The number of nitro benzene ring substituents is 1. The molecule has 0 saturated heterocycles. The van der Waals surface area contributed by atoms with Crippen LogP contribution in [-0.2, 0) is 0 Å². The maximum absolute atomic E-state index is 11.2. The van der Waals surface area contributed by atoms with Gasteiger partial charge >= 0.3 is 11.9 Å². The third-order valence-corrected chi connectivity index (χ3v) is 4.15. The van der Waals surface area contributed by atoms with Crippen LogP contribution in [0.1, 0.15) is 53.3 Å². The van der Waals surface area contributed by atoms with Crippen LogP contribution in [0.25, 0.3) is 0 Å². The summed E-state index contributed by atoms with van der Waals surface area (Å²) in [5.41, 5.74) is -1.44. The van der Waals surface area contributed by atoms with Crippen molar-refractivity contribution in [2.24, 2.45) is 0 Å². The smallest absolute Gasteiger partial charge is 0.342 e. The second-order valence-electron chi connectivity index (χ2n) is 4.64. The highest BCUT2D eigenvalue weighted by molar-refractivity contribution is 7.99. The largest absolute Gasteiger partial charge is 0.478 e. The molecule has 0 saturated carbocycles. The molecular weight excluding hydrogens is 310 g/mol. The molecule has 0 aliphatic rings. The highest BCUT2D eigenvalue weighted by atomic mass is 32.2. The zero-order valence-corrected chi connectivity index (χ0v) is 12.9. The molecule has 22 heavy (non-hydrogen) atoms. The Hall–Kier alpha value is -2.09. The number of nitro groups is 1. The van der Waals surface area contributed by atoms with Crippen molar-refractivity contribution < 1.29 is 24.7 Å². The topological polar surface area (TPSA) is 118 Å². The van der Waals surface area contributed by atoms with E-state index in [0.717, 1.165) is 37.8 Å². The number of benzene rings is 1. The highest BCUT2D eigenvalue weighted by Gasteiger charge is 2.25. The van der Waals surface area contributed by atoms with Crippen molar-refractivity contribution in [2.45, 2.75) is 37.5 Å². The van der Waals surface area contributed by atoms with Gasteiger partial charge in [-0.2, -0.15) is 0 Å². The average molecular weight is 327 g/mol. The van der Waals surface area contributed by atoms with Crippen LogP contribution in [0.3, 0.4) is 0 Å². The molecule has 0 bridgehead atoms. The lowest BCUT2D eigenvalue weighted by molar-refractivity contribution is -0.385. The lowest BCUT2D eigenvalue weighted by Crippen LogP contribution is -2.07. The van der Waals surface area contributed by atoms with E-state index >= 15 is 0 Å². The summed E-state index contributed by atoms with van der Waals surface area (Å²) in [5, 5.41) is 29.1. The van der Waals surface area contributed by atoms with Crippen LogP contribution in [0.15, 0.2) is 17.0 Å². The molecule has 1 aromatic carbocycles. The summed E-state index contributed by atoms with van der Waals surface area (Å²) in [4.78, 5) is 32.6. The van der Waals surface area contributed by atoms with E-state index in [-0.39, 0.29) is 10.5 Å². The summed E-state index contributed by atoms with van der Waals surface area (Å²) >= 11 is 1.21. The number of hydrogen-bond acceptors (Lipinski definition) is 5. The Kier molecular flexibility index (Phi) is 6.84. The molecule has 0 atom stereocenters. The number of unbranched alkanes of at least 4 members (excludes halogenated alkanes) is 3. The molecule has 0 amide bonds. The Bertz CT molecular complexity index is 587. The number of aromatic carboxylic acids is 2. The molecular formula is C14H17NO6S. The number of carbonyl (C=O) groups is 2. The van der Waals surface area contributed by atoms with E-state index < -0.39 is 28.1 Å². The van der Waals surface area contributed by atoms with Gasteiger partial charge in [-0.3, -0.25) is 10.1 Å². The van der Waals surface area contributed by atoms with Crippen molar-refractivity contribution in [3.05, 3.63) is 33.4 Å². The molecule has 120 valence electrons. The second kappa shape index (κ2) is 8.38. The first kappa shape index (κ1) is 18.0. The Labute approximate surface area is 131 Å². The molecule has 2 N–H and O–H groups in total. The standard InChI is InChI=1S/C14H17NO6S/c1-2-3-4-5-6-22-12-8-9(13(16)17)11(15(20)21)7-10(12)14(18)19/h7-8H,2-6H2,1H3,(H,16,17)(H,18,19). The summed E-state index contributed by atoms with van der Waals surface area (Å²) < 4.78 is 0. The van der Waals surface area contributed by atoms with Crippen LogP contribution in [0, 0.1) is 10.1 Å². The fraction of sp³-hybridized carbons (Fsp3) is 0.429. The van der Waals surface area contributed by atoms with Crippen molar-refractivity contribution in [2.75, 3.05) is 5.75 Å². The van der Waals surface area contributed by atoms with Crippen molar-refractivity contribution in [1.29, 1.82) is 0 Å². The minimum absolute atomic E-state index is 0.239. The SMILES string of the molecule is CCCCCCSc1cc(C(=O)O)c([N+](=O)[O-])cc1C(=O)O. The van der Waals surface area contributed by atoms with Crippen LogP contribution in [0.4, 0.5) is 5.69 Å². The Morgan fingerprint density at radius 3 is 2.27 bits per heavy atom. The molecule has 0 fully saturated rings. The number of rotatable bonds is 9. The Morgan fingerprint density at radius 2 is 1.77 bits per heavy atom. The van der Waals surface area contributed by atoms with Crippen LogP contribution in [0.2, 0.25) is 0 Å². The molecule has 7 nitrogen and oxygen atoms in total. The van der Waals surface area contributed by atoms with Gasteiger partial charge in [-0.05, 0) is 18.2 Å². The van der Waals surface area contributed by atoms with Crippen molar-refractivity contribution in [3.63, 3.8) is 0 Å². The second-order valence-corrected chi connectivity index (χ2v) is 5.78. The van der Waals surface area contributed by atoms with Gasteiger partial charge in [-0.1, -0.05) is 26.2 Å². The molecule has 0 radical (unpaired) electrons. The first-order valence-electron chi connectivity index (χ1n) is 6.80. The highest BCUT2D eigenvalue weighted by Crippen LogP contribution is 2.31. The van der Waals surface area contributed by atoms with Gasteiger partial charge in [0.05, 0.1) is 10.5 Å². The summed E-state index contributed by atoms with van der Waals surface area (Å²) in [6, 6.07) is 1.90. The fourth-order valence-corrected chi connectivity index (χ4v) is 2.96. The van der Waals surface area contributed by atoms with E-state index in [0.29, 0.717) is 5.75 Å². The van der Waals surface area contributed by atoms with Gasteiger partial charge in [0.1, 0.15) is 5.56 Å². The maximum Gasteiger partial charge on any atom is 0.342 e. The van der Waals surface area contributed by atoms with E-state index in [1.165, 1.54) is 11.8 Å². The lowest BCUT2D eigenvalue weighted by Gasteiger charge is -2.08. The lowest BCUT2D eigenvalue weighted by atomic mass is 10.1. The van der Waals surface area contributed by atoms with E-state index in [4.69, 9.17) is 10.2 Å². The van der Waals surface area contributed by atoms with Gasteiger partial charge in [0.2, 0.25) is 0 Å². The van der Waals surface area contributed by atoms with Gasteiger partial charge in [-0.25, -0.2) is 9.59 Å². The quantitative estimate of drug-likeness (QED) is 0.307. The molecule has 0 unspecified atom stereocenters. The number of carboxylic acid groups (broad SMARTS) is 2. The van der Waals surface area contributed by atoms with Gasteiger partial charge < -0.3 is 10.2 Å². The normalized spacial score (nSPS) is 10.4. The third-order valence-electron chi connectivity index (χ3n) is 3.01. The summed E-state index contributed by atoms with van der Waals surface area (Å²) in [6.45, 7) is 2.07. The third kappa shape index (κ3) is 4.73. The van der Waals surface area contributed by atoms with E-state index in [2.05, 4.69) is 6.92 Å². The van der Waals surface area contributed by atoms with Gasteiger partial charge in [0.15, 0.2) is 0 Å². The molecule has 0 aromatic heterocycles. The maximum atomic E-state index is 11.2. The van der Waals surface area contributed by atoms with Gasteiger partial charge in [-0.15, -0.1) is 11.8 Å². The van der Waals surface area contributed by atoms with Gasteiger partial charge in [0.25, 0.3) is 5.69 Å². The molecule has 1 rings (SSSR count). The van der Waals surface area contributed by atoms with Crippen LogP contribution < -0.4 is 0 Å². The van der Waals surface area contributed by atoms with Crippen LogP contribution in [-0.4, -0.2) is 32.8 Å². The Balaban J connectivity index is 3.08. The predicted octanol–water partition coefficient (Wildman–Crippen LogP) is 3.66. The summed E-state index contributed by atoms with van der Waals surface area (Å²) in [7, 11) is 0. The van der Waals surface area contributed by atoms with E-state index in [1.54, 1.807) is 0 Å². The summed E-state index contributed by atoms with van der Waals surface area (Å²) in [5.74, 6) is -2.12. The molecule has 0 spiro atoms. The van der Waals surface area contributed by atoms with Gasteiger partial charge in [0, 0.05) is 11.0 Å². The average Bonchev–Trinajstić information content (AvgIpc) is 2.45. The number of carboxylic acids is 2. The molecule has 0 heterocycles. The Morgan fingerprint density at radius 1 is 1.14 bits per heavy atom. The van der Waals surface area contributed by atoms with Crippen LogP contribution in [0.5, 0.6) is 0 Å². The van der Waals surface area contributed by atoms with Crippen molar-refractivity contribution in [1.82, 2.24) is 0 Å². The van der Waals surface area contributed by atoms with Crippen LogP contribution >= 0.6 is 11.8 Å². The fourth-order valence-electron chi connectivity index (χ4n) is 1.89. The zero-order chi connectivity index (χ0) is 16.7. The molecule has 0 aliphatic carbocycles. The molecule has 1 aromatic rings. The first-order valence-corrected chi connectivity index (χ1v) is 7.78.